The van der Waals surface area contributed by atoms with E-state index in [1.54, 1.807) is 6.07 Å². The van der Waals surface area contributed by atoms with Crippen LogP contribution in [0.15, 0.2) is 72.2 Å². The van der Waals surface area contributed by atoms with Gasteiger partial charge in [-0.15, -0.1) is 11.3 Å². The molecule has 1 aromatic carbocycles. The lowest BCUT2D eigenvalue weighted by molar-refractivity contribution is 0.104. The summed E-state index contributed by atoms with van der Waals surface area (Å²) in [5.74, 6) is -0.122. The molecule has 1 N–H and O–H groups in total. The zero-order valence-electron chi connectivity index (χ0n) is 12.1. The highest BCUT2D eigenvalue weighted by Gasteiger charge is 2.25. The molecule has 0 amide bonds. The molecule has 0 aliphatic rings. The molecule has 3 heterocycles. The zero-order chi connectivity index (χ0) is 15.8. The van der Waals surface area contributed by atoms with Crippen molar-refractivity contribution in [1.82, 2.24) is 4.40 Å². The largest absolute Gasteiger partial charge is 0.505 e. The van der Waals surface area contributed by atoms with Crippen molar-refractivity contribution in [2.24, 2.45) is 0 Å². The number of fused-ring (bicyclic) bond motifs is 1. The van der Waals surface area contributed by atoms with Crippen LogP contribution in [0.4, 0.5) is 0 Å². The van der Waals surface area contributed by atoms with Gasteiger partial charge in [-0.1, -0.05) is 42.5 Å². The van der Waals surface area contributed by atoms with Crippen molar-refractivity contribution < 1.29 is 9.90 Å². The number of carbonyl (C=O) groups is 1. The smallest absolute Gasteiger partial charge is 0.208 e. The Morgan fingerprint density at radius 3 is 2.48 bits per heavy atom. The molecule has 0 atom stereocenters. The number of thiophene rings is 1. The first-order valence-corrected chi connectivity index (χ1v) is 8.11. The molecule has 3 nitrogen and oxygen atoms in total. The van der Waals surface area contributed by atoms with Gasteiger partial charge in [-0.25, -0.2) is 0 Å². The first kappa shape index (κ1) is 13.8. The molecule has 4 rings (SSSR count). The molecule has 0 aliphatic carbocycles. The summed E-state index contributed by atoms with van der Waals surface area (Å²) in [6.45, 7) is 0. The Morgan fingerprint density at radius 2 is 1.74 bits per heavy atom. The summed E-state index contributed by atoms with van der Waals surface area (Å²) in [6.07, 6.45) is 1.86. The Kier molecular flexibility index (Phi) is 3.24. The van der Waals surface area contributed by atoms with Crippen LogP contribution in [0.1, 0.15) is 15.2 Å². The molecule has 4 heteroatoms. The fourth-order valence-corrected chi connectivity index (χ4v) is 3.49. The number of hydrogen-bond donors (Lipinski definition) is 1. The van der Waals surface area contributed by atoms with Crippen molar-refractivity contribution in [1.29, 1.82) is 0 Å². The molecule has 112 valence electrons. The van der Waals surface area contributed by atoms with Crippen LogP contribution in [0.25, 0.3) is 16.8 Å². The van der Waals surface area contributed by atoms with Gasteiger partial charge in [-0.05, 0) is 29.1 Å². The third-order valence-corrected chi connectivity index (χ3v) is 4.70. The average Bonchev–Trinajstić information content (AvgIpc) is 3.22. The molecule has 0 unspecified atom stereocenters. The number of ketones is 1. The van der Waals surface area contributed by atoms with E-state index in [9.17, 15) is 9.90 Å². The highest BCUT2D eigenvalue weighted by atomic mass is 32.1. The second kappa shape index (κ2) is 5.41. The summed E-state index contributed by atoms with van der Waals surface area (Å²) in [7, 11) is 0. The maximum Gasteiger partial charge on any atom is 0.208 e. The molecular weight excluding hydrogens is 306 g/mol. The summed E-state index contributed by atoms with van der Waals surface area (Å²) in [5.41, 5.74) is 2.60. The fourth-order valence-electron chi connectivity index (χ4n) is 2.82. The summed E-state index contributed by atoms with van der Waals surface area (Å²) in [5, 5.41) is 12.5. The van der Waals surface area contributed by atoms with Crippen molar-refractivity contribution in [2.75, 3.05) is 0 Å². The molecular formula is C19H13NO2S. The lowest BCUT2D eigenvalue weighted by Crippen LogP contribution is -2.01. The quantitative estimate of drug-likeness (QED) is 0.561. The lowest BCUT2D eigenvalue weighted by atomic mass is 10.0. The molecule has 0 bridgehead atoms. The molecule has 0 aliphatic heterocycles. The van der Waals surface area contributed by atoms with Crippen LogP contribution in [-0.4, -0.2) is 15.3 Å². The minimum Gasteiger partial charge on any atom is -0.505 e. The van der Waals surface area contributed by atoms with Gasteiger partial charge in [0.1, 0.15) is 0 Å². The zero-order valence-corrected chi connectivity index (χ0v) is 13.0. The Morgan fingerprint density at radius 1 is 0.957 bits per heavy atom. The third-order valence-electron chi connectivity index (χ3n) is 3.84. The number of aromatic nitrogens is 1. The van der Waals surface area contributed by atoms with E-state index in [0.717, 1.165) is 11.3 Å². The van der Waals surface area contributed by atoms with Crippen LogP contribution in [0.3, 0.4) is 0 Å². The van der Waals surface area contributed by atoms with E-state index < -0.39 is 0 Å². The van der Waals surface area contributed by atoms with E-state index in [4.69, 9.17) is 0 Å². The average molecular weight is 319 g/mol. The van der Waals surface area contributed by atoms with Gasteiger partial charge in [0.05, 0.1) is 21.7 Å². The lowest BCUT2D eigenvalue weighted by Gasteiger charge is -2.05. The highest BCUT2D eigenvalue weighted by Crippen LogP contribution is 2.38. The van der Waals surface area contributed by atoms with Crippen LogP contribution in [0.5, 0.6) is 5.75 Å². The monoisotopic (exact) mass is 319 g/mol. The SMILES string of the molecule is O=C(c1cccs1)c1c(O)c2ccccn2c1-c1ccccc1. The number of aromatic hydroxyl groups is 1. The number of pyridine rings is 1. The number of nitrogens with zero attached hydrogens (tertiary/aromatic N) is 1. The Labute approximate surface area is 137 Å². The number of benzene rings is 1. The highest BCUT2D eigenvalue weighted by molar-refractivity contribution is 7.12. The van der Waals surface area contributed by atoms with Gasteiger partial charge in [0.25, 0.3) is 0 Å². The molecule has 3 aromatic heterocycles. The molecule has 0 spiro atoms. The molecule has 4 aromatic rings. The second-order valence-corrected chi connectivity index (χ2v) is 6.15. The van der Waals surface area contributed by atoms with Crippen molar-refractivity contribution in [2.45, 2.75) is 0 Å². The minimum absolute atomic E-state index is 0.0304. The Hall–Kier alpha value is -2.85. The van der Waals surface area contributed by atoms with Gasteiger partial charge in [0.15, 0.2) is 5.75 Å². The standard InChI is InChI=1S/C19H13NO2S/c21-18-14-9-4-5-11-20(14)17(13-7-2-1-3-8-13)16(18)19(22)15-10-6-12-23-15/h1-12,21H. The minimum atomic E-state index is -0.153. The van der Waals surface area contributed by atoms with Gasteiger partial charge in [0, 0.05) is 6.20 Å². The molecule has 23 heavy (non-hydrogen) atoms. The summed E-state index contributed by atoms with van der Waals surface area (Å²) in [6, 6.07) is 18.8. The molecule has 0 saturated heterocycles. The van der Waals surface area contributed by atoms with E-state index in [1.807, 2.05) is 70.6 Å². The van der Waals surface area contributed by atoms with Crippen molar-refractivity contribution in [3.8, 4) is 17.0 Å². The van der Waals surface area contributed by atoms with Gasteiger partial charge >= 0.3 is 0 Å². The normalized spacial score (nSPS) is 11.0. The van der Waals surface area contributed by atoms with Gasteiger partial charge in [0.2, 0.25) is 5.78 Å². The number of carbonyl (C=O) groups excluding carboxylic acids is 1. The molecule has 0 fully saturated rings. The van der Waals surface area contributed by atoms with Crippen molar-refractivity contribution in [3.63, 3.8) is 0 Å². The Bertz CT molecular complexity index is 985. The second-order valence-electron chi connectivity index (χ2n) is 5.20. The van der Waals surface area contributed by atoms with Gasteiger partial charge < -0.3 is 9.51 Å². The molecule has 0 radical (unpaired) electrons. The van der Waals surface area contributed by atoms with Crippen molar-refractivity contribution >= 4 is 22.6 Å². The first-order valence-electron chi connectivity index (χ1n) is 7.23. The van der Waals surface area contributed by atoms with E-state index in [-0.39, 0.29) is 11.5 Å². The van der Waals surface area contributed by atoms with Gasteiger partial charge in [-0.2, -0.15) is 0 Å². The van der Waals surface area contributed by atoms with Crippen LogP contribution in [0.2, 0.25) is 0 Å². The first-order chi connectivity index (χ1) is 11.3. The maximum atomic E-state index is 12.9. The van der Waals surface area contributed by atoms with E-state index in [2.05, 4.69) is 0 Å². The van der Waals surface area contributed by atoms with Crippen LogP contribution < -0.4 is 0 Å². The predicted molar refractivity (Wildman–Crippen MR) is 92.2 cm³/mol. The Balaban J connectivity index is 2.07. The van der Waals surface area contributed by atoms with Crippen molar-refractivity contribution in [3.05, 3.63) is 82.7 Å². The summed E-state index contributed by atoms with van der Waals surface area (Å²) >= 11 is 1.38. The van der Waals surface area contributed by atoms with Gasteiger partial charge in [-0.3, -0.25) is 4.79 Å². The predicted octanol–water partition coefficient (Wildman–Crippen LogP) is 4.60. The number of hydrogen-bond acceptors (Lipinski definition) is 3. The van der Waals surface area contributed by atoms with Crippen LogP contribution in [-0.2, 0) is 0 Å². The van der Waals surface area contributed by atoms with Crippen LogP contribution >= 0.6 is 11.3 Å². The van der Waals surface area contributed by atoms with E-state index >= 15 is 0 Å². The topological polar surface area (TPSA) is 41.7 Å². The summed E-state index contributed by atoms with van der Waals surface area (Å²) < 4.78 is 1.87. The number of rotatable bonds is 3. The fraction of sp³-hybridized carbons (Fsp3) is 0. The maximum absolute atomic E-state index is 12.9. The molecule has 0 saturated carbocycles. The van der Waals surface area contributed by atoms with E-state index in [0.29, 0.717) is 16.0 Å². The third kappa shape index (κ3) is 2.15. The van der Waals surface area contributed by atoms with Crippen LogP contribution in [0, 0.1) is 0 Å². The van der Waals surface area contributed by atoms with E-state index in [1.165, 1.54) is 11.3 Å². The summed E-state index contributed by atoms with van der Waals surface area (Å²) in [4.78, 5) is 13.5.